The van der Waals surface area contributed by atoms with Gasteiger partial charge in [-0.2, -0.15) is 10.2 Å². The van der Waals surface area contributed by atoms with E-state index < -0.39 is 11.9 Å². The van der Waals surface area contributed by atoms with Crippen molar-refractivity contribution in [3.63, 3.8) is 0 Å². The van der Waals surface area contributed by atoms with Crippen LogP contribution in [0.3, 0.4) is 0 Å². The van der Waals surface area contributed by atoms with E-state index in [0.717, 1.165) is 4.68 Å². The van der Waals surface area contributed by atoms with Gasteiger partial charge in [-0.3, -0.25) is 14.2 Å². The quantitative estimate of drug-likeness (QED) is 0.693. The second-order valence-electron chi connectivity index (χ2n) is 5.39. The SMILES string of the molecule is Cn1ncc(C(=O)Nc2ccn(Cc3c(Cl)cccc3Cl)n2)c1C(=O)O. The molecule has 2 N–H and O–H groups in total. The molecule has 3 aromatic rings. The van der Waals surface area contributed by atoms with Gasteiger partial charge in [0.1, 0.15) is 0 Å². The first kappa shape index (κ1) is 18.0. The molecule has 1 aromatic carbocycles. The van der Waals surface area contributed by atoms with Gasteiger partial charge in [-0.15, -0.1) is 0 Å². The number of carbonyl (C=O) groups is 2. The molecule has 2 heterocycles. The maximum atomic E-state index is 12.3. The fourth-order valence-electron chi connectivity index (χ4n) is 2.40. The number of nitrogens with zero attached hydrogens (tertiary/aromatic N) is 4. The molecule has 0 aliphatic rings. The summed E-state index contributed by atoms with van der Waals surface area (Å²) in [5.41, 5.74) is 0.450. The molecule has 0 bridgehead atoms. The first-order chi connectivity index (χ1) is 12.4. The Balaban J connectivity index is 1.77. The zero-order chi connectivity index (χ0) is 18.8. The van der Waals surface area contributed by atoms with Crippen molar-refractivity contribution in [1.29, 1.82) is 0 Å². The van der Waals surface area contributed by atoms with Crippen molar-refractivity contribution in [2.24, 2.45) is 7.05 Å². The standard InChI is InChI=1S/C16H13Cl2N5O3/c1-22-14(16(25)26)9(7-19-22)15(24)20-13-5-6-23(21-13)8-10-11(17)3-2-4-12(10)18/h2-7H,8H2,1H3,(H,25,26)(H,20,21,24). The number of hydrogen-bond acceptors (Lipinski definition) is 4. The number of carbonyl (C=O) groups excluding carboxylic acids is 1. The van der Waals surface area contributed by atoms with Gasteiger partial charge in [0.25, 0.3) is 5.91 Å². The van der Waals surface area contributed by atoms with Crippen LogP contribution in [0.1, 0.15) is 26.4 Å². The van der Waals surface area contributed by atoms with Crippen molar-refractivity contribution in [3.8, 4) is 0 Å². The summed E-state index contributed by atoms with van der Waals surface area (Å²) in [5, 5.41) is 20.8. The molecule has 26 heavy (non-hydrogen) atoms. The van der Waals surface area contributed by atoms with E-state index >= 15 is 0 Å². The smallest absolute Gasteiger partial charge is 0.354 e. The number of hydrogen-bond donors (Lipinski definition) is 2. The van der Waals surface area contributed by atoms with Crippen LogP contribution in [0, 0.1) is 0 Å². The van der Waals surface area contributed by atoms with Crippen molar-refractivity contribution in [2.45, 2.75) is 6.54 Å². The molecule has 0 saturated carbocycles. The Labute approximate surface area is 157 Å². The van der Waals surface area contributed by atoms with E-state index in [1.807, 2.05) is 0 Å². The van der Waals surface area contributed by atoms with Crippen LogP contribution in [0.2, 0.25) is 10.0 Å². The maximum Gasteiger partial charge on any atom is 0.354 e. The fourth-order valence-corrected chi connectivity index (χ4v) is 2.92. The van der Waals surface area contributed by atoms with Gasteiger partial charge < -0.3 is 10.4 Å². The molecule has 3 rings (SSSR count). The third-order valence-electron chi connectivity index (χ3n) is 3.65. The Morgan fingerprint density at radius 1 is 1.23 bits per heavy atom. The van der Waals surface area contributed by atoms with E-state index in [4.69, 9.17) is 23.2 Å². The number of halogens is 2. The predicted molar refractivity (Wildman–Crippen MR) is 95.9 cm³/mol. The second-order valence-corrected chi connectivity index (χ2v) is 6.20. The number of amides is 1. The summed E-state index contributed by atoms with van der Waals surface area (Å²) in [6, 6.07) is 6.78. The van der Waals surface area contributed by atoms with E-state index in [0.29, 0.717) is 22.2 Å². The van der Waals surface area contributed by atoms with Crippen LogP contribution in [0.5, 0.6) is 0 Å². The Morgan fingerprint density at radius 2 is 1.92 bits per heavy atom. The molecule has 0 fully saturated rings. The Bertz CT molecular complexity index is 975. The summed E-state index contributed by atoms with van der Waals surface area (Å²) >= 11 is 12.3. The molecule has 134 valence electrons. The number of rotatable bonds is 5. The van der Waals surface area contributed by atoms with Crippen LogP contribution >= 0.6 is 23.2 Å². The lowest BCUT2D eigenvalue weighted by atomic mass is 10.2. The van der Waals surface area contributed by atoms with Crippen molar-refractivity contribution in [1.82, 2.24) is 19.6 Å². The van der Waals surface area contributed by atoms with E-state index in [-0.39, 0.29) is 17.1 Å². The molecule has 0 saturated heterocycles. The van der Waals surface area contributed by atoms with Crippen molar-refractivity contribution in [3.05, 3.63) is 63.5 Å². The normalized spacial score (nSPS) is 10.7. The molecule has 1 amide bonds. The molecule has 10 heteroatoms. The van der Waals surface area contributed by atoms with Crippen LogP contribution in [0.4, 0.5) is 5.82 Å². The molecular formula is C16H13Cl2N5O3. The number of aromatic carboxylic acids is 1. The lowest BCUT2D eigenvalue weighted by Crippen LogP contribution is -2.17. The topological polar surface area (TPSA) is 102 Å². The van der Waals surface area contributed by atoms with E-state index in [9.17, 15) is 14.7 Å². The highest BCUT2D eigenvalue weighted by Crippen LogP contribution is 2.25. The van der Waals surface area contributed by atoms with Crippen molar-refractivity contribution in [2.75, 3.05) is 5.32 Å². The van der Waals surface area contributed by atoms with Gasteiger partial charge in [0, 0.05) is 34.9 Å². The van der Waals surface area contributed by atoms with Gasteiger partial charge >= 0.3 is 5.97 Å². The van der Waals surface area contributed by atoms with Crippen LogP contribution < -0.4 is 5.32 Å². The third kappa shape index (κ3) is 3.56. The molecule has 8 nitrogen and oxygen atoms in total. The minimum absolute atomic E-state index is 0.0521. The summed E-state index contributed by atoms with van der Waals surface area (Å²) in [5.74, 6) is -1.59. The summed E-state index contributed by atoms with van der Waals surface area (Å²) in [4.78, 5) is 23.6. The summed E-state index contributed by atoms with van der Waals surface area (Å²) in [7, 11) is 1.45. The number of aromatic nitrogens is 4. The molecule has 0 aliphatic heterocycles. The van der Waals surface area contributed by atoms with Gasteiger partial charge in [-0.25, -0.2) is 4.79 Å². The number of anilines is 1. The second kappa shape index (κ2) is 7.19. The number of aryl methyl sites for hydroxylation is 1. The fraction of sp³-hybridized carbons (Fsp3) is 0.125. The highest BCUT2D eigenvalue weighted by Gasteiger charge is 2.22. The third-order valence-corrected chi connectivity index (χ3v) is 4.36. The van der Waals surface area contributed by atoms with E-state index in [1.54, 1.807) is 35.1 Å². The lowest BCUT2D eigenvalue weighted by molar-refractivity contribution is 0.0680. The van der Waals surface area contributed by atoms with Gasteiger partial charge in [0.15, 0.2) is 11.5 Å². The predicted octanol–water partition coefficient (Wildman–Crippen LogP) is 2.92. The van der Waals surface area contributed by atoms with E-state index in [1.165, 1.54) is 13.2 Å². The van der Waals surface area contributed by atoms with Crippen LogP contribution in [0.15, 0.2) is 36.7 Å². The first-order valence-corrected chi connectivity index (χ1v) is 8.15. The highest BCUT2D eigenvalue weighted by atomic mass is 35.5. The summed E-state index contributed by atoms with van der Waals surface area (Å²) in [6.45, 7) is 0.321. The number of carboxylic acid groups (broad SMARTS) is 1. The first-order valence-electron chi connectivity index (χ1n) is 7.40. The van der Waals surface area contributed by atoms with Gasteiger partial charge in [0.2, 0.25) is 0 Å². The maximum absolute atomic E-state index is 12.3. The number of carboxylic acids is 1. The van der Waals surface area contributed by atoms with Crippen LogP contribution in [-0.4, -0.2) is 36.5 Å². The van der Waals surface area contributed by atoms with Gasteiger partial charge in [-0.1, -0.05) is 29.3 Å². The molecular weight excluding hydrogens is 381 g/mol. The summed E-state index contributed by atoms with van der Waals surface area (Å²) < 4.78 is 2.68. The van der Waals surface area contributed by atoms with Crippen molar-refractivity contribution < 1.29 is 14.7 Å². The summed E-state index contributed by atoms with van der Waals surface area (Å²) in [6.07, 6.45) is 2.84. The largest absolute Gasteiger partial charge is 0.477 e. The average Bonchev–Trinajstić information content (AvgIpc) is 3.17. The zero-order valence-corrected chi connectivity index (χ0v) is 15.0. The Morgan fingerprint density at radius 3 is 2.58 bits per heavy atom. The van der Waals surface area contributed by atoms with Crippen LogP contribution in [-0.2, 0) is 13.6 Å². The molecule has 2 aromatic heterocycles. The molecule has 0 spiro atoms. The molecule has 0 aliphatic carbocycles. The molecule has 0 unspecified atom stereocenters. The van der Waals surface area contributed by atoms with Crippen molar-refractivity contribution >= 4 is 40.9 Å². The zero-order valence-electron chi connectivity index (χ0n) is 13.5. The Kier molecular flexibility index (Phi) is 4.97. The monoisotopic (exact) mass is 393 g/mol. The average molecular weight is 394 g/mol. The number of nitrogens with one attached hydrogen (secondary N) is 1. The minimum Gasteiger partial charge on any atom is -0.477 e. The molecule has 0 radical (unpaired) electrons. The molecule has 0 atom stereocenters. The van der Waals surface area contributed by atoms with Gasteiger partial charge in [-0.05, 0) is 12.1 Å². The Hall–Kier alpha value is -2.84. The van der Waals surface area contributed by atoms with Crippen LogP contribution in [0.25, 0.3) is 0 Å². The van der Waals surface area contributed by atoms with E-state index in [2.05, 4.69) is 15.5 Å². The van der Waals surface area contributed by atoms with Gasteiger partial charge in [0.05, 0.1) is 18.3 Å². The number of benzene rings is 1. The minimum atomic E-state index is -1.24. The highest BCUT2D eigenvalue weighted by molar-refractivity contribution is 6.35. The lowest BCUT2D eigenvalue weighted by Gasteiger charge is -2.07.